The Labute approximate surface area is 158 Å². The van der Waals surface area contributed by atoms with E-state index in [2.05, 4.69) is 41.2 Å². The van der Waals surface area contributed by atoms with Crippen LogP contribution in [0.5, 0.6) is 0 Å². The highest BCUT2D eigenvalue weighted by Crippen LogP contribution is 2.16. The molecule has 2 aliphatic heterocycles. The van der Waals surface area contributed by atoms with E-state index >= 15 is 0 Å². The van der Waals surface area contributed by atoms with Gasteiger partial charge in [0, 0.05) is 51.4 Å². The van der Waals surface area contributed by atoms with Crippen molar-refractivity contribution in [3.05, 3.63) is 0 Å². The van der Waals surface area contributed by atoms with Crippen molar-refractivity contribution in [3.63, 3.8) is 0 Å². The lowest BCUT2D eigenvalue weighted by atomic mass is 10.0. The van der Waals surface area contributed by atoms with Crippen LogP contribution in [0.1, 0.15) is 20.8 Å². The van der Waals surface area contributed by atoms with E-state index in [0.717, 1.165) is 51.9 Å². The summed E-state index contributed by atoms with van der Waals surface area (Å²) < 4.78 is 28.4. The molecule has 0 aromatic heterocycles. The van der Waals surface area contributed by atoms with Crippen LogP contribution in [-0.2, 0) is 14.6 Å². The van der Waals surface area contributed by atoms with Gasteiger partial charge in [0.2, 0.25) is 0 Å². The Morgan fingerprint density at radius 1 is 1.12 bits per heavy atom. The van der Waals surface area contributed by atoms with E-state index in [1.54, 1.807) is 0 Å². The highest BCUT2D eigenvalue weighted by Gasteiger charge is 2.28. The molecule has 2 heterocycles. The van der Waals surface area contributed by atoms with E-state index in [-0.39, 0.29) is 17.0 Å². The molecule has 0 saturated carbocycles. The Balaban J connectivity index is 1.78. The minimum atomic E-state index is -2.81. The first-order valence-corrected chi connectivity index (χ1v) is 11.4. The average Bonchev–Trinajstić information content (AvgIpc) is 2.62. The van der Waals surface area contributed by atoms with Crippen LogP contribution in [-0.4, -0.2) is 107 Å². The first kappa shape index (κ1) is 21.4. The average molecular weight is 390 g/mol. The maximum atomic E-state index is 11.5. The number of nitrogens with zero attached hydrogens (tertiary/aromatic N) is 3. The minimum absolute atomic E-state index is 0.00659. The summed E-state index contributed by atoms with van der Waals surface area (Å²) in [7, 11) is -2.81. The van der Waals surface area contributed by atoms with Gasteiger partial charge in [0.15, 0.2) is 15.8 Å². The van der Waals surface area contributed by atoms with Crippen LogP contribution in [0.15, 0.2) is 4.99 Å². The van der Waals surface area contributed by atoms with Crippen molar-refractivity contribution in [1.29, 1.82) is 0 Å². The molecule has 26 heavy (non-hydrogen) atoms. The van der Waals surface area contributed by atoms with E-state index in [0.29, 0.717) is 19.6 Å². The molecule has 0 aromatic carbocycles. The van der Waals surface area contributed by atoms with Crippen molar-refractivity contribution in [2.24, 2.45) is 4.99 Å². The lowest BCUT2D eigenvalue weighted by Crippen LogP contribution is -2.52. The summed E-state index contributed by atoms with van der Waals surface area (Å²) in [6, 6.07) is 0. The van der Waals surface area contributed by atoms with Gasteiger partial charge in [0.1, 0.15) is 0 Å². The summed E-state index contributed by atoms with van der Waals surface area (Å²) in [6.07, 6.45) is 0. The standard InChI is InChI=1S/C17H35N5O3S/c1-4-18-16(19-5-6-21-9-13-26(23,24)14-10-21)20-15-17(2,3)22-7-11-25-12-8-22/h4-15H2,1-3H3,(H2,18,19,20). The van der Waals surface area contributed by atoms with Gasteiger partial charge in [-0.3, -0.25) is 14.8 Å². The largest absolute Gasteiger partial charge is 0.379 e. The molecule has 0 aliphatic carbocycles. The zero-order valence-corrected chi connectivity index (χ0v) is 17.3. The van der Waals surface area contributed by atoms with E-state index in [1.165, 1.54) is 0 Å². The smallest absolute Gasteiger partial charge is 0.191 e. The highest BCUT2D eigenvalue weighted by molar-refractivity contribution is 7.91. The van der Waals surface area contributed by atoms with Gasteiger partial charge in [-0.05, 0) is 20.8 Å². The molecule has 2 rings (SSSR count). The number of sulfone groups is 1. The van der Waals surface area contributed by atoms with E-state index in [4.69, 9.17) is 9.73 Å². The van der Waals surface area contributed by atoms with Crippen LogP contribution in [0.3, 0.4) is 0 Å². The van der Waals surface area contributed by atoms with Crippen molar-refractivity contribution in [3.8, 4) is 0 Å². The SMILES string of the molecule is CCNC(=NCC(C)(C)N1CCOCC1)NCCN1CCS(=O)(=O)CC1. The predicted molar refractivity (Wildman–Crippen MR) is 106 cm³/mol. The van der Waals surface area contributed by atoms with E-state index in [1.807, 2.05) is 0 Å². The molecule has 2 saturated heterocycles. The first-order valence-electron chi connectivity index (χ1n) is 9.60. The molecule has 2 aliphatic rings. The third-order valence-corrected chi connectivity index (χ3v) is 6.60. The number of aliphatic imine (C=N–C) groups is 1. The minimum Gasteiger partial charge on any atom is -0.379 e. The summed E-state index contributed by atoms with van der Waals surface area (Å²) in [5, 5.41) is 6.66. The molecule has 8 nitrogen and oxygen atoms in total. The Kier molecular flexibility index (Phi) is 8.12. The third kappa shape index (κ3) is 7.02. The Morgan fingerprint density at radius 2 is 1.77 bits per heavy atom. The second kappa shape index (κ2) is 9.87. The highest BCUT2D eigenvalue weighted by atomic mass is 32.2. The molecule has 0 bridgehead atoms. The fourth-order valence-electron chi connectivity index (χ4n) is 3.19. The van der Waals surface area contributed by atoms with Gasteiger partial charge in [0.05, 0.1) is 31.3 Å². The topological polar surface area (TPSA) is 86.3 Å². The number of nitrogens with one attached hydrogen (secondary N) is 2. The lowest BCUT2D eigenvalue weighted by Gasteiger charge is -2.40. The second-order valence-electron chi connectivity index (χ2n) is 7.53. The predicted octanol–water partition coefficient (Wildman–Crippen LogP) is -0.617. The summed E-state index contributed by atoms with van der Waals surface area (Å²) in [6.45, 7) is 14.3. The molecular weight excluding hydrogens is 354 g/mol. The van der Waals surface area contributed by atoms with Crippen LogP contribution in [0.25, 0.3) is 0 Å². The summed E-state index contributed by atoms with van der Waals surface area (Å²) in [5.74, 6) is 1.36. The molecule has 0 unspecified atom stereocenters. The van der Waals surface area contributed by atoms with E-state index in [9.17, 15) is 8.42 Å². The molecule has 0 amide bonds. The quantitative estimate of drug-likeness (QED) is 0.443. The van der Waals surface area contributed by atoms with Gasteiger partial charge < -0.3 is 15.4 Å². The monoisotopic (exact) mass is 389 g/mol. The Morgan fingerprint density at radius 3 is 2.38 bits per heavy atom. The maximum Gasteiger partial charge on any atom is 0.191 e. The van der Waals surface area contributed by atoms with Crippen molar-refractivity contribution in [2.75, 3.05) is 77.1 Å². The van der Waals surface area contributed by atoms with Gasteiger partial charge >= 0.3 is 0 Å². The third-order valence-electron chi connectivity index (χ3n) is 4.99. The number of rotatable bonds is 7. The Bertz CT molecular complexity index is 545. The first-order chi connectivity index (χ1) is 12.3. The van der Waals surface area contributed by atoms with Crippen LogP contribution < -0.4 is 10.6 Å². The lowest BCUT2D eigenvalue weighted by molar-refractivity contribution is -0.00683. The molecular formula is C17H35N5O3S. The fourth-order valence-corrected chi connectivity index (χ4v) is 4.47. The van der Waals surface area contributed by atoms with Crippen molar-refractivity contribution < 1.29 is 13.2 Å². The number of hydrogen-bond donors (Lipinski definition) is 2. The molecule has 0 atom stereocenters. The van der Waals surface area contributed by atoms with Crippen molar-refractivity contribution >= 4 is 15.8 Å². The van der Waals surface area contributed by atoms with Gasteiger partial charge in [-0.15, -0.1) is 0 Å². The van der Waals surface area contributed by atoms with Gasteiger partial charge in [-0.2, -0.15) is 0 Å². The number of morpholine rings is 1. The molecule has 2 fully saturated rings. The number of guanidine groups is 1. The van der Waals surface area contributed by atoms with Crippen molar-refractivity contribution in [2.45, 2.75) is 26.3 Å². The number of ether oxygens (including phenoxy) is 1. The zero-order chi connectivity index (χ0) is 19.0. The fraction of sp³-hybridized carbons (Fsp3) is 0.941. The summed E-state index contributed by atoms with van der Waals surface area (Å²) in [5.41, 5.74) is -0.00659. The molecule has 152 valence electrons. The second-order valence-corrected chi connectivity index (χ2v) is 9.83. The summed E-state index contributed by atoms with van der Waals surface area (Å²) in [4.78, 5) is 9.38. The summed E-state index contributed by atoms with van der Waals surface area (Å²) >= 11 is 0. The van der Waals surface area contributed by atoms with Crippen LogP contribution in [0, 0.1) is 0 Å². The van der Waals surface area contributed by atoms with Gasteiger partial charge in [-0.1, -0.05) is 0 Å². The molecule has 9 heteroatoms. The molecule has 2 N–H and O–H groups in total. The molecule has 0 radical (unpaired) electrons. The van der Waals surface area contributed by atoms with Crippen molar-refractivity contribution in [1.82, 2.24) is 20.4 Å². The Hall–Kier alpha value is -0.900. The normalized spacial score (nSPS) is 23.0. The zero-order valence-electron chi connectivity index (χ0n) is 16.5. The van der Waals surface area contributed by atoms with Gasteiger partial charge in [-0.25, -0.2) is 8.42 Å². The van der Waals surface area contributed by atoms with Crippen LogP contribution in [0.4, 0.5) is 0 Å². The molecule has 0 spiro atoms. The van der Waals surface area contributed by atoms with E-state index < -0.39 is 9.84 Å². The van der Waals surface area contributed by atoms with Crippen LogP contribution >= 0.6 is 0 Å². The number of hydrogen-bond acceptors (Lipinski definition) is 6. The maximum absolute atomic E-state index is 11.5. The molecule has 0 aromatic rings. The van der Waals surface area contributed by atoms with Crippen LogP contribution in [0.2, 0.25) is 0 Å². The van der Waals surface area contributed by atoms with Gasteiger partial charge in [0.25, 0.3) is 0 Å².